The van der Waals surface area contributed by atoms with Crippen LogP contribution in [0.25, 0.3) is 0 Å². The lowest BCUT2D eigenvalue weighted by Crippen LogP contribution is -2.05. The number of aryl methyl sites for hydroxylation is 1. The van der Waals surface area contributed by atoms with Crippen LogP contribution in [0, 0.1) is 6.92 Å². The van der Waals surface area contributed by atoms with Gasteiger partial charge in [-0.25, -0.2) is 9.78 Å². The van der Waals surface area contributed by atoms with Crippen LogP contribution in [0.1, 0.15) is 16.1 Å². The zero-order valence-corrected chi connectivity index (χ0v) is 11.7. The maximum absolute atomic E-state index is 10.9. The molecule has 2 rings (SSSR count). The number of anilines is 3. The number of carbonyl (C=O) groups is 1. The minimum Gasteiger partial charge on any atom is -0.477 e. The second kappa shape index (κ2) is 5.27. The van der Waals surface area contributed by atoms with Gasteiger partial charge in [0, 0.05) is 10.2 Å². The van der Waals surface area contributed by atoms with Crippen molar-refractivity contribution in [2.45, 2.75) is 6.92 Å². The maximum Gasteiger partial charge on any atom is 0.354 e. The van der Waals surface area contributed by atoms with Gasteiger partial charge in [0.05, 0.1) is 5.69 Å². The third-order valence-corrected chi connectivity index (χ3v) is 2.91. The Bertz CT molecular complexity index is 624. The number of nitrogens with two attached hydrogens (primary N) is 1. The molecule has 0 saturated heterocycles. The van der Waals surface area contributed by atoms with Crippen molar-refractivity contribution < 1.29 is 9.90 Å². The van der Waals surface area contributed by atoms with E-state index in [2.05, 4.69) is 26.2 Å². The lowest BCUT2D eigenvalue weighted by molar-refractivity contribution is 0.0690. The van der Waals surface area contributed by atoms with Crippen LogP contribution in [-0.2, 0) is 0 Å². The lowest BCUT2D eigenvalue weighted by atomic mass is 10.2. The third kappa shape index (κ3) is 3.23. The molecule has 0 saturated carbocycles. The van der Waals surface area contributed by atoms with Gasteiger partial charge in [-0.15, -0.1) is 0 Å². The Morgan fingerprint density at radius 2 is 2.11 bits per heavy atom. The largest absolute Gasteiger partial charge is 0.477 e. The minimum absolute atomic E-state index is 0.0524. The molecule has 0 aliphatic carbocycles. The van der Waals surface area contributed by atoms with Gasteiger partial charge < -0.3 is 16.2 Å². The molecule has 0 aliphatic rings. The van der Waals surface area contributed by atoms with E-state index in [1.165, 1.54) is 12.1 Å². The van der Waals surface area contributed by atoms with Gasteiger partial charge in [-0.3, -0.25) is 0 Å². The van der Waals surface area contributed by atoms with E-state index in [4.69, 9.17) is 10.8 Å². The average Bonchev–Trinajstić information content (AvgIpc) is 2.30. The molecule has 0 fully saturated rings. The molecular formula is C13H12BrN3O2. The summed E-state index contributed by atoms with van der Waals surface area (Å²) in [5, 5.41) is 11.9. The van der Waals surface area contributed by atoms with Gasteiger partial charge in [0.2, 0.25) is 0 Å². The Kier molecular flexibility index (Phi) is 3.71. The summed E-state index contributed by atoms with van der Waals surface area (Å²) < 4.78 is 0.919. The molecule has 0 aliphatic heterocycles. The highest BCUT2D eigenvalue weighted by molar-refractivity contribution is 9.10. The molecule has 0 bridgehead atoms. The number of carboxylic acid groups (broad SMARTS) is 1. The van der Waals surface area contributed by atoms with Crippen molar-refractivity contribution in [3.05, 3.63) is 46.1 Å². The minimum atomic E-state index is -1.09. The summed E-state index contributed by atoms with van der Waals surface area (Å²) in [6.07, 6.45) is 0. The molecule has 0 spiro atoms. The number of hydrogen-bond acceptors (Lipinski definition) is 4. The highest BCUT2D eigenvalue weighted by atomic mass is 79.9. The maximum atomic E-state index is 10.9. The molecule has 2 aromatic rings. The molecule has 6 heteroatoms. The summed E-state index contributed by atoms with van der Waals surface area (Å²) in [6, 6.07) is 8.63. The fourth-order valence-corrected chi connectivity index (χ4v) is 2.24. The fraction of sp³-hybridized carbons (Fsp3) is 0.0769. The van der Waals surface area contributed by atoms with E-state index in [0.717, 1.165) is 15.7 Å². The standard InChI is InChI=1S/C13H12BrN3O2/c1-7-4-8(14)6-9(5-7)16-12-10(15)2-3-11(17-12)13(18)19/h2-6H,15H2,1H3,(H,16,17)(H,18,19). The van der Waals surface area contributed by atoms with E-state index in [1.807, 2.05) is 25.1 Å². The van der Waals surface area contributed by atoms with E-state index >= 15 is 0 Å². The van der Waals surface area contributed by atoms with Crippen LogP contribution in [0.3, 0.4) is 0 Å². The summed E-state index contributed by atoms with van der Waals surface area (Å²) in [5.74, 6) is -0.758. The molecular weight excluding hydrogens is 310 g/mol. The van der Waals surface area contributed by atoms with E-state index in [1.54, 1.807) is 0 Å². The van der Waals surface area contributed by atoms with Crippen molar-refractivity contribution in [1.82, 2.24) is 4.98 Å². The van der Waals surface area contributed by atoms with E-state index < -0.39 is 5.97 Å². The summed E-state index contributed by atoms with van der Waals surface area (Å²) in [4.78, 5) is 14.9. The number of pyridine rings is 1. The van der Waals surface area contributed by atoms with E-state index in [0.29, 0.717) is 11.5 Å². The predicted octanol–water partition coefficient (Wildman–Crippen LogP) is 3.18. The van der Waals surface area contributed by atoms with Crippen LogP contribution in [-0.4, -0.2) is 16.1 Å². The first kappa shape index (κ1) is 13.4. The van der Waals surface area contributed by atoms with Crippen LogP contribution < -0.4 is 11.1 Å². The zero-order valence-electron chi connectivity index (χ0n) is 10.1. The lowest BCUT2D eigenvalue weighted by Gasteiger charge is -2.10. The first-order valence-electron chi connectivity index (χ1n) is 5.50. The van der Waals surface area contributed by atoms with Gasteiger partial charge in [0.1, 0.15) is 0 Å². The van der Waals surface area contributed by atoms with Crippen LogP contribution in [0.5, 0.6) is 0 Å². The van der Waals surface area contributed by atoms with E-state index in [-0.39, 0.29) is 5.69 Å². The second-order valence-electron chi connectivity index (χ2n) is 4.08. The molecule has 1 heterocycles. The molecule has 1 aromatic heterocycles. The SMILES string of the molecule is Cc1cc(Br)cc(Nc2nc(C(=O)O)ccc2N)c1. The summed E-state index contributed by atoms with van der Waals surface area (Å²) in [7, 11) is 0. The predicted molar refractivity (Wildman–Crippen MR) is 77.8 cm³/mol. The summed E-state index contributed by atoms with van der Waals surface area (Å²) >= 11 is 3.40. The van der Waals surface area contributed by atoms with Crippen molar-refractivity contribution in [2.24, 2.45) is 0 Å². The van der Waals surface area contributed by atoms with Crippen LogP contribution in [0.2, 0.25) is 0 Å². The Morgan fingerprint density at radius 1 is 1.37 bits per heavy atom. The average molecular weight is 322 g/mol. The Hall–Kier alpha value is -2.08. The number of carboxylic acids is 1. The first-order valence-corrected chi connectivity index (χ1v) is 6.29. The van der Waals surface area contributed by atoms with Gasteiger partial charge in [0.25, 0.3) is 0 Å². The zero-order chi connectivity index (χ0) is 14.0. The number of rotatable bonds is 3. The van der Waals surface area contributed by atoms with Gasteiger partial charge in [0.15, 0.2) is 11.5 Å². The van der Waals surface area contributed by atoms with Crippen molar-refractivity contribution in [2.75, 3.05) is 11.1 Å². The number of nitrogens with zero attached hydrogens (tertiary/aromatic N) is 1. The van der Waals surface area contributed by atoms with E-state index in [9.17, 15) is 4.79 Å². The van der Waals surface area contributed by atoms with Gasteiger partial charge >= 0.3 is 5.97 Å². The fourth-order valence-electron chi connectivity index (χ4n) is 1.63. The number of aromatic carboxylic acids is 1. The molecule has 98 valence electrons. The van der Waals surface area contributed by atoms with Crippen LogP contribution in [0.15, 0.2) is 34.8 Å². The summed E-state index contributed by atoms with van der Waals surface area (Å²) in [6.45, 7) is 1.96. The molecule has 5 nitrogen and oxygen atoms in total. The highest BCUT2D eigenvalue weighted by Gasteiger charge is 2.09. The van der Waals surface area contributed by atoms with Gasteiger partial charge in [-0.1, -0.05) is 15.9 Å². The number of hydrogen-bond donors (Lipinski definition) is 3. The Labute approximate surface area is 118 Å². The highest BCUT2D eigenvalue weighted by Crippen LogP contribution is 2.25. The molecule has 0 radical (unpaired) electrons. The molecule has 0 unspecified atom stereocenters. The summed E-state index contributed by atoms with van der Waals surface area (Å²) in [5.41, 5.74) is 7.97. The number of nitrogens with one attached hydrogen (secondary N) is 1. The topological polar surface area (TPSA) is 88.2 Å². The number of benzene rings is 1. The quantitative estimate of drug-likeness (QED) is 0.808. The van der Waals surface area contributed by atoms with Crippen LogP contribution >= 0.6 is 15.9 Å². The second-order valence-corrected chi connectivity index (χ2v) is 5.00. The molecule has 4 N–H and O–H groups in total. The van der Waals surface area contributed by atoms with Gasteiger partial charge in [-0.05, 0) is 42.8 Å². The first-order chi connectivity index (χ1) is 8.95. The monoisotopic (exact) mass is 321 g/mol. The molecule has 1 aromatic carbocycles. The molecule has 19 heavy (non-hydrogen) atoms. The van der Waals surface area contributed by atoms with Crippen LogP contribution in [0.4, 0.5) is 17.2 Å². The van der Waals surface area contributed by atoms with Crippen molar-refractivity contribution in [3.8, 4) is 0 Å². The van der Waals surface area contributed by atoms with Crippen molar-refractivity contribution in [1.29, 1.82) is 0 Å². The van der Waals surface area contributed by atoms with Crippen molar-refractivity contribution in [3.63, 3.8) is 0 Å². The Balaban J connectivity index is 2.37. The Morgan fingerprint density at radius 3 is 2.74 bits per heavy atom. The molecule has 0 atom stereocenters. The third-order valence-electron chi connectivity index (χ3n) is 2.45. The number of halogens is 1. The normalized spacial score (nSPS) is 10.2. The van der Waals surface area contributed by atoms with Crippen molar-refractivity contribution >= 4 is 39.1 Å². The molecule has 0 amide bonds. The smallest absolute Gasteiger partial charge is 0.354 e. The van der Waals surface area contributed by atoms with Gasteiger partial charge in [-0.2, -0.15) is 0 Å². The number of nitrogen functional groups attached to an aromatic ring is 1. The number of aromatic nitrogens is 1.